The Bertz CT molecular complexity index is 1010. The summed E-state index contributed by atoms with van der Waals surface area (Å²) in [5, 5.41) is 10.5. The third kappa shape index (κ3) is 5.16. The minimum absolute atomic E-state index is 0.0524. The summed E-state index contributed by atoms with van der Waals surface area (Å²) in [6.07, 6.45) is -5.04. The summed E-state index contributed by atoms with van der Waals surface area (Å²) >= 11 is 1.13. The van der Waals surface area contributed by atoms with E-state index in [0.29, 0.717) is 23.1 Å². The van der Waals surface area contributed by atoms with Crippen LogP contribution in [0.3, 0.4) is 0 Å². The first kappa shape index (κ1) is 21.8. The fourth-order valence-electron chi connectivity index (χ4n) is 2.81. The van der Waals surface area contributed by atoms with Crippen LogP contribution >= 0.6 is 11.3 Å². The van der Waals surface area contributed by atoms with Crippen LogP contribution in [-0.4, -0.2) is 50.1 Å². The van der Waals surface area contributed by atoms with Gasteiger partial charge < -0.3 is 9.84 Å². The van der Waals surface area contributed by atoms with Crippen LogP contribution in [0.15, 0.2) is 34.5 Å². The van der Waals surface area contributed by atoms with Gasteiger partial charge in [-0.2, -0.15) is 17.5 Å². The van der Waals surface area contributed by atoms with E-state index in [9.17, 15) is 26.4 Å². The highest BCUT2D eigenvalue weighted by Crippen LogP contribution is 2.38. The molecule has 1 saturated heterocycles. The number of nitrogens with zero attached hydrogens (tertiary/aromatic N) is 1. The summed E-state index contributed by atoms with van der Waals surface area (Å²) in [5.74, 6) is -1.03. The smallest absolute Gasteiger partial charge is 0.416 e. The van der Waals surface area contributed by atoms with Crippen LogP contribution in [-0.2, 0) is 32.2 Å². The number of carboxylic acid groups (broad SMARTS) is 1. The second kappa shape index (κ2) is 8.05. The van der Waals surface area contributed by atoms with Crippen molar-refractivity contribution in [1.82, 2.24) is 4.31 Å². The van der Waals surface area contributed by atoms with Crippen molar-refractivity contribution in [2.24, 2.45) is 0 Å². The van der Waals surface area contributed by atoms with E-state index in [0.717, 1.165) is 21.7 Å². The predicted molar refractivity (Wildman–Crippen MR) is 100 cm³/mol. The number of halogens is 3. The highest BCUT2D eigenvalue weighted by Gasteiger charge is 2.35. The van der Waals surface area contributed by atoms with Crippen molar-refractivity contribution in [3.63, 3.8) is 0 Å². The quantitative estimate of drug-likeness (QED) is 0.624. The number of carbonyl (C=O) groups is 1. The number of alkyl halides is 3. The van der Waals surface area contributed by atoms with Gasteiger partial charge in [0.25, 0.3) is 0 Å². The maximum Gasteiger partial charge on any atom is 0.416 e. The summed E-state index contributed by atoms with van der Waals surface area (Å²) < 4.78 is 72.0. The fourth-order valence-corrected chi connectivity index (χ4v) is 5.03. The highest BCUT2D eigenvalue weighted by molar-refractivity contribution is 7.89. The molecule has 0 aliphatic carbocycles. The van der Waals surface area contributed by atoms with Crippen molar-refractivity contribution in [3.05, 3.63) is 40.8 Å². The Morgan fingerprint density at radius 2 is 2.03 bits per heavy atom. The molecule has 1 aromatic carbocycles. The molecule has 0 saturated carbocycles. The predicted octanol–water partition coefficient (Wildman–Crippen LogP) is 3.47. The Kier molecular flexibility index (Phi) is 6.04. The Morgan fingerprint density at radius 1 is 1.34 bits per heavy atom. The van der Waals surface area contributed by atoms with Gasteiger partial charge in [0.2, 0.25) is 10.0 Å². The molecular formula is C18H18F3NO5S2. The summed E-state index contributed by atoms with van der Waals surface area (Å²) in [5.41, 5.74) is -0.438. The van der Waals surface area contributed by atoms with Gasteiger partial charge in [0.15, 0.2) is 0 Å². The van der Waals surface area contributed by atoms with E-state index in [1.165, 1.54) is 13.1 Å². The monoisotopic (exact) mass is 449 g/mol. The van der Waals surface area contributed by atoms with Gasteiger partial charge in [0, 0.05) is 24.9 Å². The van der Waals surface area contributed by atoms with Crippen molar-refractivity contribution in [2.45, 2.75) is 30.0 Å². The number of sulfonamides is 1. The molecule has 11 heteroatoms. The first-order valence-corrected chi connectivity index (χ1v) is 10.9. The van der Waals surface area contributed by atoms with Crippen LogP contribution in [0.1, 0.15) is 17.5 Å². The number of aliphatic carboxylic acids is 1. The Hall–Kier alpha value is -1.95. The Balaban J connectivity index is 2.06. The van der Waals surface area contributed by atoms with E-state index >= 15 is 0 Å². The number of likely N-dealkylation sites (N-methyl/N-ethyl adjacent to an activating group) is 1. The summed E-state index contributed by atoms with van der Waals surface area (Å²) in [6.45, 7) is 0.465. The Labute approximate surface area is 169 Å². The van der Waals surface area contributed by atoms with Crippen molar-refractivity contribution >= 4 is 27.3 Å². The molecule has 1 aromatic heterocycles. The van der Waals surface area contributed by atoms with E-state index in [1.54, 1.807) is 11.4 Å². The average molecular weight is 449 g/mol. The summed E-state index contributed by atoms with van der Waals surface area (Å²) in [7, 11) is -2.87. The summed E-state index contributed by atoms with van der Waals surface area (Å²) in [6, 6.07) is 4.34. The maximum atomic E-state index is 13.5. The number of hydrogen-bond donors (Lipinski definition) is 1. The minimum Gasteiger partial charge on any atom is -0.481 e. The SMILES string of the molecule is CN(CC1CO1)S(=O)(=O)c1cc(-c2sccc2CCC(=O)O)cc(C(F)(F)F)c1. The second-order valence-corrected chi connectivity index (χ2v) is 9.61. The van der Waals surface area contributed by atoms with Gasteiger partial charge in [-0.25, -0.2) is 8.42 Å². The van der Waals surface area contributed by atoms with Gasteiger partial charge in [0.1, 0.15) is 0 Å². The molecule has 0 spiro atoms. The van der Waals surface area contributed by atoms with Gasteiger partial charge >= 0.3 is 12.1 Å². The minimum atomic E-state index is -4.74. The zero-order valence-corrected chi connectivity index (χ0v) is 16.9. The molecule has 2 heterocycles. The van der Waals surface area contributed by atoms with E-state index in [-0.39, 0.29) is 31.1 Å². The molecule has 0 bridgehead atoms. The molecule has 6 nitrogen and oxygen atoms in total. The van der Waals surface area contributed by atoms with Crippen LogP contribution in [0.25, 0.3) is 10.4 Å². The first-order valence-electron chi connectivity index (χ1n) is 8.57. The molecule has 0 radical (unpaired) electrons. The molecule has 1 aliphatic rings. The van der Waals surface area contributed by atoms with Crippen molar-refractivity contribution in [2.75, 3.05) is 20.2 Å². The lowest BCUT2D eigenvalue weighted by Crippen LogP contribution is -2.30. The molecule has 0 amide bonds. The van der Waals surface area contributed by atoms with Crippen molar-refractivity contribution in [1.29, 1.82) is 0 Å². The molecule has 2 aromatic rings. The zero-order valence-electron chi connectivity index (χ0n) is 15.3. The van der Waals surface area contributed by atoms with E-state index < -0.39 is 32.6 Å². The fraction of sp³-hybridized carbons (Fsp3) is 0.389. The van der Waals surface area contributed by atoms with Gasteiger partial charge in [0.05, 0.1) is 23.2 Å². The normalized spacial score (nSPS) is 16.9. The number of hydrogen-bond acceptors (Lipinski definition) is 5. The molecule has 1 unspecified atom stereocenters. The molecule has 1 aliphatic heterocycles. The lowest BCUT2D eigenvalue weighted by atomic mass is 10.0. The number of carboxylic acids is 1. The first-order chi connectivity index (χ1) is 13.5. The third-order valence-electron chi connectivity index (χ3n) is 4.42. The zero-order chi connectivity index (χ0) is 21.4. The molecule has 29 heavy (non-hydrogen) atoms. The van der Waals surface area contributed by atoms with Crippen molar-refractivity contribution in [3.8, 4) is 10.4 Å². The second-order valence-electron chi connectivity index (χ2n) is 6.65. The van der Waals surface area contributed by atoms with Crippen LogP contribution in [0, 0.1) is 0 Å². The molecular weight excluding hydrogens is 431 g/mol. The van der Waals surface area contributed by atoms with Gasteiger partial charge in [-0.1, -0.05) is 0 Å². The average Bonchev–Trinajstić information content (AvgIpc) is 3.32. The number of aryl methyl sites for hydroxylation is 1. The lowest BCUT2D eigenvalue weighted by molar-refractivity contribution is -0.138. The number of benzene rings is 1. The molecule has 1 atom stereocenters. The summed E-state index contributed by atoms with van der Waals surface area (Å²) in [4.78, 5) is 10.8. The largest absolute Gasteiger partial charge is 0.481 e. The number of ether oxygens (including phenoxy) is 1. The van der Waals surface area contributed by atoms with Gasteiger partial charge in [-0.3, -0.25) is 4.79 Å². The highest BCUT2D eigenvalue weighted by atomic mass is 32.2. The molecule has 158 valence electrons. The van der Waals surface area contributed by atoms with Gasteiger partial charge in [-0.15, -0.1) is 11.3 Å². The topological polar surface area (TPSA) is 87.2 Å². The number of epoxide rings is 1. The van der Waals surface area contributed by atoms with Gasteiger partial charge in [-0.05, 0) is 47.2 Å². The molecule has 1 fully saturated rings. The van der Waals surface area contributed by atoms with E-state index in [2.05, 4.69) is 0 Å². The third-order valence-corrected chi connectivity index (χ3v) is 7.23. The van der Waals surface area contributed by atoms with E-state index in [1.807, 2.05) is 0 Å². The molecule has 1 N–H and O–H groups in total. The number of thiophene rings is 1. The van der Waals surface area contributed by atoms with E-state index in [4.69, 9.17) is 9.84 Å². The van der Waals surface area contributed by atoms with Crippen LogP contribution in [0.2, 0.25) is 0 Å². The number of rotatable bonds is 8. The standard InChI is InChI=1S/C18H18F3NO5S2/c1-22(9-14-10-27-14)29(25,26)15-7-12(6-13(8-15)18(19,20)21)17-11(4-5-28-17)2-3-16(23)24/h4-8,14H,2-3,9-10H2,1H3,(H,23,24). The van der Waals surface area contributed by atoms with Crippen LogP contribution in [0.4, 0.5) is 13.2 Å². The van der Waals surface area contributed by atoms with Crippen molar-refractivity contribution < 1.29 is 36.2 Å². The Morgan fingerprint density at radius 3 is 2.62 bits per heavy atom. The van der Waals surface area contributed by atoms with Crippen LogP contribution < -0.4 is 0 Å². The molecule has 3 rings (SSSR count). The maximum absolute atomic E-state index is 13.5. The van der Waals surface area contributed by atoms with Crippen LogP contribution in [0.5, 0.6) is 0 Å². The lowest BCUT2D eigenvalue weighted by Gasteiger charge is -2.18.